The summed E-state index contributed by atoms with van der Waals surface area (Å²) in [4.78, 5) is 26.2. The van der Waals surface area contributed by atoms with Gasteiger partial charge in [-0.1, -0.05) is 243 Å². The molecule has 0 aromatic carbocycles. The predicted octanol–water partition coefficient (Wildman–Crippen LogP) is 16.5. The molecule has 3 atom stereocenters. The Hall–Kier alpha value is -1.92. The lowest BCUT2D eigenvalue weighted by molar-refractivity contribution is -0.151. The van der Waals surface area contributed by atoms with E-state index in [2.05, 4.69) is 62.5 Å². The van der Waals surface area contributed by atoms with Gasteiger partial charge in [0.15, 0.2) is 0 Å². The topological polar surface area (TPSA) is 95.9 Å². The molecule has 62 heavy (non-hydrogen) atoms. The average molecular weight is 872 g/mol. The van der Waals surface area contributed by atoms with E-state index < -0.39 is 18.2 Å². The molecule has 0 saturated carbocycles. The van der Waals surface area contributed by atoms with Gasteiger partial charge in [0.05, 0.1) is 25.2 Å². The summed E-state index contributed by atoms with van der Waals surface area (Å²) in [6.07, 6.45) is 59.2. The Morgan fingerprint density at radius 3 is 1.26 bits per heavy atom. The Bertz CT molecular complexity index is 1020. The molecule has 0 fully saturated rings. The molecule has 1 amide bonds. The highest BCUT2D eigenvalue weighted by molar-refractivity contribution is 5.77. The highest BCUT2D eigenvalue weighted by Crippen LogP contribution is 2.18. The summed E-state index contributed by atoms with van der Waals surface area (Å²) in [6, 6.07) is -0.710. The largest absolute Gasteiger partial charge is 0.462 e. The number of amides is 1. The van der Waals surface area contributed by atoms with Crippen LogP contribution in [0.3, 0.4) is 0 Å². The van der Waals surface area contributed by atoms with Crippen LogP contribution in [-0.4, -0.2) is 46.9 Å². The number of hydrogen-bond donors (Lipinski definition) is 3. The van der Waals surface area contributed by atoms with Crippen molar-refractivity contribution in [2.45, 2.75) is 302 Å². The van der Waals surface area contributed by atoms with Crippen LogP contribution in [0.25, 0.3) is 0 Å². The Balaban J connectivity index is 4.59. The van der Waals surface area contributed by atoms with Crippen LogP contribution in [0, 0.1) is 0 Å². The van der Waals surface area contributed by atoms with E-state index in [0.29, 0.717) is 19.3 Å². The quantitative estimate of drug-likeness (QED) is 0.0321. The maximum absolute atomic E-state index is 13.2. The second kappa shape index (κ2) is 50.1. The van der Waals surface area contributed by atoms with Gasteiger partial charge in [-0.05, 0) is 64.2 Å². The van der Waals surface area contributed by atoms with Crippen molar-refractivity contribution in [1.82, 2.24) is 5.32 Å². The summed E-state index contributed by atoms with van der Waals surface area (Å²) in [5.74, 6) is -0.499. The number of rotatable bonds is 49. The number of allylic oxidation sites excluding steroid dienone is 6. The predicted molar refractivity (Wildman–Crippen MR) is 269 cm³/mol. The SMILES string of the molecule is CCCCC/C=C\C/C=C\C/C=C\CCCCC(CC(=O)NC(CO)C(O)CCCCCCCCCCCCC)OC(=O)CCCCCCCCCCCCCCCCCCC. The average Bonchev–Trinajstić information content (AvgIpc) is 3.26. The zero-order chi connectivity index (χ0) is 45.2. The first-order valence-corrected chi connectivity index (χ1v) is 27.2. The summed E-state index contributed by atoms with van der Waals surface area (Å²) in [5.41, 5.74) is 0. The Kier molecular flexibility index (Phi) is 48.5. The van der Waals surface area contributed by atoms with E-state index in [1.54, 1.807) is 0 Å². The van der Waals surface area contributed by atoms with Crippen molar-refractivity contribution >= 4 is 11.9 Å². The third-order valence-corrected chi connectivity index (χ3v) is 12.5. The van der Waals surface area contributed by atoms with Crippen molar-refractivity contribution < 1.29 is 24.5 Å². The van der Waals surface area contributed by atoms with Crippen LogP contribution in [0.1, 0.15) is 284 Å². The number of esters is 1. The fourth-order valence-corrected chi connectivity index (χ4v) is 8.32. The van der Waals surface area contributed by atoms with E-state index in [1.807, 2.05) is 0 Å². The summed E-state index contributed by atoms with van der Waals surface area (Å²) < 4.78 is 5.93. The third kappa shape index (κ3) is 44.7. The second-order valence-electron chi connectivity index (χ2n) is 18.6. The van der Waals surface area contributed by atoms with Gasteiger partial charge in [0, 0.05) is 6.42 Å². The minimum atomic E-state index is -0.795. The van der Waals surface area contributed by atoms with Gasteiger partial charge in [0.2, 0.25) is 5.91 Å². The van der Waals surface area contributed by atoms with Crippen molar-refractivity contribution in [3.8, 4) is 0 Å². The molecule has 3 unspecified atom stereocenters. The lowest BCUT2D eigenvalue weighted by Crippen LogP contribution is -2.46. The molecule has 0 spiro atoms. The van der Waals surface area contributed by atoms with Gasteiger partial charge in [-0.2, -0.15) is 0 Å². The maximum Gasteiger partial charge on any atom is 0.306 e. The highest BCUT2D eigenvalue weighted by atomic mass is 16.5. The molecule has 364 valence electrons. The molecule has 0 heterocycles. The summed E-state index contributed by atoms with van der Waals surface area (Å²) in [7, 11) is 0. The zero-order valence-corrected chi connectivity index (χ0v) is 41.5. The normalized spacial score (nSPS) is 13.4. The van der Waals surface area contributed by atoms with E-state index in [1.165, 1.54) is 167 Å². The van der Waals surface area contributed by atoms with Gasteiger partial charge in [0.1, 0.15) is 6.10 Å². The molecule has 0 aromatic rings. The highest BCUT2D eigenvalue weighted by Gasteiger charge is 2.24. The van der Waals surface area contributed by atoms with Crippen molar-refractivity contribution in [2.75, 3.05) is 6.61 Å². The number of unbranched alkanes of at least 4 members (excludes halogenated alkanes) is 31. The molecule has 0 saturated heterocycles. The van der Waals surface area contributed by atoms with Crippen molar-refractivity contribution in [3.05, 3.63) is 36.5 Å². The van der Waals surface area contributed by atoms with Crippen LogP contribution < -0.4 is 5.32 Å². The smallest absolute Gasteiger partial charge is 0.306 e. The summed E-state index contributed by atoms with van der Waals surface area (Å²) in [6.45, 7) is 6.46. The minimum absolute atomic E-state index is 0.0557. The van der Waals surface area contributed by atoms with Crippen molar-refractivity contribution in [3.63, 3.8) is 0 Å². The van der Waals surface area contributed by atoms with Gasteiger partial charge in [-0.25, -0.2) is 0 Å². The third-order valence-electron chi connectivity index (χ3n) is 12.5. The van der Waals surface area contributed by atoms with Crippen LogP contribution in [0.4, 0.5) is 0 Å². The lowest BCUT2D eigenvalue weighted by Gasteiger charge is -2.24. The first-order valence-electron chi connectivity index (χ1n) is 27.2. The van der Waals surface area contributed by atoms with E-state index in [0.717, 1.165) is 70.6 Å². The molecular weight excluding hydrogens is 767 g/mol. The Labute approximate surface area is 385 Å². The van der Waals surface area contributed by atoms with Crippen LogP contribution in [-0.2, 0) is 14.3 Å². The van der Waals surface area contributed by atoms with Gasteiger partial charge in [-0.15, -0.1) is 0 Å². The maximum atomic E-state index is 13.2. The number of carbonyl (C=O) groups is 2. The number of ether oxygens (including phenoxy) is 1. The fourth-order valence-electron chi connectivity index (χ4n) is 8.32. The molecule has 3 N–H and O–H groups in total. The molecule has 0 aliphatic carbocycles. The Morgan fingerprint density at radius 2 is 0.823 bits per heavy atom. The first-order chi connectivity index (χ1) is 30.5. The van der Waals surface area contributed by atoms with E-state index in [-0.39, 0.29) is 24.9 Å². The zero-order valence-electron chi connectivity index (χ0n) is 41.5. The van der Waals surface area contributed by atoms with Crippen LogP contribution in [0.2, 0.25) is 0 Å². The van der Waals surface area contributed by atoms with Crippen molar-refractivity contribution in [2.24, 2.45) is 0 Å². The molecule has 0 aliphatic heterocycles. The molecule has 0 radical (unpaired) electrons. The number of nitrogens with one attached hydrogen (secondary N) is 1. The van der Waals surface area contributed by atoms with Crippen LogP contribution in [0.5, 0.6) is 0 Å². The number of aliphatic hydroxyl groups is 2. The van der Waals surface area contributed by atoms with Gasteiger partial charge in [-0.3, -0.25) is 9.59 Å². The standard InChI is InChI=1S/C56H105NO5/c1-4-7-10-13-16-19-22-24-26-27-29-31-34-37-40-43-46-49-56(61)62-52(47-44-41-38-35-33-30-28-25-23-20-17-14-11-8-5-2)50-55(60)57-53(51-58)54(59)48-45-42-39-36-32-21-18-15-12-9-6-3/h17,20,25,28,33,35,52-54,58-59H,4-16,18-19,21-24,26-27,29-32,34,36-51H2,1-3H3,(H,57,60)/b20-17-,28-25-,35-33-. The number of aliphatic hydroxyl groups excluding tert-OH is 2. The molecule has 0 aromatic heterocycles. The molecule has 6 nitrogen and oxygen atoms in total. The second-order valence-corrected chi connectivity index (χ2v) is 18.6. The van der Waals surface area contributed by atoms with Gasteiger partial charge >= 0.3 is 5.97 Å². The van der Waals surface area contributed by atoms with E-state index in [4.69, 9.17) is 4.74 Å². The number of carbonyl (C=O) groups excluding carboxylic acids is 2. The lowest BCUT2D eigenvalue weighted by atomic mass is 10.0. The molecule has 0 aliphatic rings. The van der Waals surface area contributed by atoms with Crippen molar-refractivity contribution in [1.29, 1.82) is 0 Å². The van der Waals surface area contributed by atoms with Gasteiger partial charge in [0.25, 0.3) is 0 Å². The molecule has 0 bridgehead atoms. The fraction of sp³-hybridized carbons (Fsp3) is 0.857. The monoisotopic (exact) mass is 872 g/mol. The Morgan fingerprint density at radius 1 is 0.468 bits per heavy atom. The minimum Gasteiger partial charge on any atom is -0.462 e. The van der Waals surface area contributed by atoms with Crippen LogP contribution >= 0.6 is 0 Å². The summed E-state index contributed by atoms with van der Waals surface area (Å²) >= 11 is 0. The van der Waals surface area contributed by atoms with E-state index in [9.17, 15) is 19.8 Å². The number of hydrogen-bond acceptors (Lipinski definition) is 5. The van der Waals surface area contributed by atoms with Crippen LogP contribution in [0.15, 0.2) is 36.5 Å². The first kappa shape index (κ1) is 60.1. The summed E-state index contributed by atoms with van der Waals surface area (Å²) in [5, 5.41) is 23.8. The molecule has 6 heteroatoms. The van der Waals surface area contributed by atoms with Gasteiger partial charge < -0.3 is 20.3 Å². The molecular formula is C56H105NO5. The van der Waals surface area contributed by atoms with E-state index >= 15 is 0 Å². The molecule has 0 rings (SSSR count).